The SMILES string of the molecule is CCCOC(=O)C=Cc1ccc(O)c(O)c1. The maximum atomic E-state index is 11.1. The smallest absolute Gasteiger partial charge is 0.330 e. The summed E-state index contributed by atoms with van der Waals surface area (Å²) in [5, 5.41) is 18.3. The third-order valence-corrected chi connectivity index (χ3v) is 1.86. The zero-order valence-corrected chi connectivity index (χ0v) is 9.01. The number of hydrogen-bond donors (Lipinski definition) is 2. The second-order valence-corrected chi connectivity index (χ2v) is 3.25. The molecule has 0 amide bonds. The molecule has 16 heavy (non-hydrogen) atoms. The highest BCUT2D eigenvalue weighted by Crippen LogP contribution is 2.25. The molecule has 0 aromatic heterocycles. The Balaban J connectivity index is 2.62. The van der Waals surface area contributed by atoms with Crippen molar-refractivity contribution in [1.82, 2.24) is 0 Å². The molecule has 0 heterocycles. The fourth-order valence-corrected chi connectivity index (χ4v) is 1.06. The van der Waals surface area contributed by atoms with Gasteiger partial charge in [0.1, 0.15) is 0 Å². The third kappa shape index (κ3) is 3.65. The normalized spacial score (nSPS) is 10.6. The summed E-state index contributed by atoms with van der Waals surface area (Å²) in [5.41, 5.74) is 0.615. The average molecular weight is 222 g/mol. The van der Waals surface area contributed by atoms with Crippen molar-refractivity contribution in [3.63, 3.8) is 0 Å². The summed E-state index contributed by atoms with van der Waals surface area (Å²) in [6.07, 6.45) is 3.57. The summed E-state index contributed by atoms with van der Waals surface area (Å²) in [6.45, 7) is 2.30. The molecule has 0 bridgehead atoms. The van der Waals surface area contributed by atoms with E-state index in [0.29, 0.717) is 12.2 Å². The molecule has 0 aliphatic heterocycles. The highest BCUT2D eigenvalue weighted by Gasteiger charge is 1.99. The molecule has 0 unspecified atom stereocenters. The van der Waals surface area contributed by atoms with Crippen molar-refractivity contribution < 1.29 is 19.7 Å². The maximum absolute atomic E-state index is 11.1. The number of benzene rings is 1. The molecule has 1 aromatic rings. The number of phenolic OH excluding ortho intramolecular Hbond substituents is 2. The van der Waals surface area contributed by atoms with Gasteiger partial charge in [-0.2, -0.15) is 0 Å². The van der Waals surface area contributed by atoms with Crippen LogP contribution in [0.3, 0.4) is 0 Å². The Morgan fingerprint density at radius 3 is 2.75 bits per heavy atom. The Morgan fingerprint density at radius 2 is 2.12 bits per heavy atom. The molecule has 0 aliphatic rings. The summed E-state index contributed by atoms with van der Waals surface area (Å²) >= 11 is 0. The van der Waals surface area contributed by atoms with Gasteiger partial charge in [-0.05, 0) is 30.2 Å². The lowest BCUT2D eigenvalue weighted by molar-refractivity contribution is -0.137. The van der Waals surface area contributed by atoms with Crippen molar-refractivity contribution in [3.05, 3.63) is 29.8 Å². The monoisotopic (exact) mass is 222 g/mol. The first kappa shape index (κ1) is 12.1. The number of aromatic hydroxyl groups is 2. The van der Waals surface area contributed by atoms with Gasteiger partial charge in [0, 0.05) is 6.08 Å². The minimum Gasteiger partial charge on any atom is -0.504 e. The van der Waals surface area contributed by atoms with E-state index >= 15 is 0 Å². The minimum atomic E-state index is -0.422. The summed E-state index contributed by atoms with van der Waals surface area (Å²) in [5.74, 6) is -0.829. The van der Waals surface area contributed by atoms with Crippen LogP contribution in [0, 0.1) is 0 Å². The highest BCUT2D eigenvalue weighted by molar-refractivity contribution is 5.87. The van der Waals surface area contributed by atoms with Gasteiger partial charge >= 0.3 is 5.97 Å². The topological polar surface area (TPSA) is 66.8 Å². The van der Waals surface area contributed by atoms with E-state index in [1.54, 1.807) is 6.07 Å². The average Bonchev–Trinajstić information content (AvgIpc) is 2.28. The third-order valence-electron chi connectivity index (χ3n) is 1.86. The van der Waals surface area contributed by atoms with Crippen LogP contribution in [0.15, 0.2) is 24.3 Å². The van der Waals surface area contributed by atoms with Crippen LogP contribution < -0.4 is 0 Å². The van der Waals surface area contributed by atoms with E-state index in [1.807, 2.05) is 6.92 Å². The Hall–Kier alpha value is -1.97. The molecule has 0 aliphatic carbocycles. The zero-order chi connectivity index (χ0) is 12.0. The lowest BCUT2D eigenvalue weighted by Crippen LogP contribution is -2.00. The number of rotatable bonds is 4. The Labute approximate surface area is 93.8 Å². The van der Waals surface area contributed by atoms with E-state index in [2.05, 4.69) is 0 Å². The van der Waals surface area contributed by atoms with Crippen molar-refractivity contribution in [2.45, 2.75) is 13.3 Å². The fourth-order valence-electron chi connectivity index (χ4n) is 1.06. The quantitative estimate of drug-likeness (QED) is 0.465. The van der Waals surface area contributed by atoms with Crippen molar-refractivity contribution in [1.29, 1.82) is 0 Å². The molecule has 0 spiro atoms. The van der Waals surface area contributed by atoms with Gasteiger partial charge in [-0.25, -0.2) is 4.79 Å². The molecular formula is C12H14O4. The van der Waals surface area contributed by atoms with Crippen LogP contribution in [0.5, 0.6) is 11.5 Å². The predicted octanol–water partition coefficient (Wildman–Crippen LogP) is 2.06. The number of hydrogen-bond acceptors (Lipinski definition) is 4. The first-order valence-corrected chi connectivity index (χ1v) is 5.00. The van der Waals surface area contributed by atoms with Gasteiger partial charge in [0.2, 0.25) is 0 Å². The van der Waals surface area contributed by atoms with Gasteiger partial charge in [-0.1, -0.05) is 13.0 Å². The van der Waals surface area contributed by atoms with E-state index in [9.17, 15) is 9.90 Å². The Morgan fingerprint density at radius 1 is 1.38 bits per heavy atom. The van der Waals surface area contributed by atoms with Crippen LogP contribution in [0.2, 0.25) is 0 Å². The summed E-state index contributed by atoms with van der Waals surface area (Å²) in [6, 6.07) is 4.30. The van der Waals surface area contributed by atoms with Crippen molar-refractivity contribution >= 4 is 12.0 Å². The molecule has 4 heteroatoms. The molecule has 0 atom stereocenters. The van der Waals surface area contributed by atoms with E-state index in [4.69, 9.17) is 9.84 Å². The van der Waals surface area contributed by atoms with Gasteiger partial charge in [0.05, 0.1) is 6.61 Å². The number of ether oxygens (including phenoxy) is 1. The zero-order valence-electron chi connectivity index (χ0n) is 9.01. The Bertz CT molecular complexity index is 396. The van der Waals surface area contributed by atoms with Gasteiger partial charge in [-0.15, -0.1) is 0 Å². The molecule has 1 aromatic carbocycles. The van der Waals surface area contributed by atoms with Gasteiger partial charge in [-0.3, -0.25) is 0 Å². The van der Waals surface area contributed by atoms with Crippen molar-refractivity contribution in [2.75, 3.05) is 6.61 Å². The second-order valence-electron chi connectivity index (χ2n) is 3.25. The number of esters is 1. The highest BCUT2D eigenvalue weighted by atomic mass is 16.5. The Kier molecular flexibility index (Phi) is 4.39. The predicted molar refractivity (Wildman–Crippen MR) is 60.1 cm³/mol. The van der Waals surface area contributed by atoms with Gasteiger partial charge in [0.15, 0.2) is 11.5 Å². The first-order valence-electron chi connectivity index (χ1n) is 5.00. The van der Waals surface area contributed by atoms with Gasteiger partial charge < -0.3 is 14.9 Å². The molecular weight excluding hydrogens is 208 g/mol. The molecule has 0 saturated heterocycles. The molecule has 1 rings (SSSR count). The van der Waals surface area contributed by atoms with Crippen molar-refractivity contribution in [3.8, 4) is 11.5 Å². The molecule has 2 N–H and O–H groups in total. The first-order chi connectivity index (χ1) is 7.63. The number of phenols is 2. The summed E-state index contributed by atoms with van der Waals surface area (Å²) < 4.78 is 4.83. The molecule has 0 radical (unpaired) electrons. The molecule has 4 nitrogen and oxygen atoms in total. The maximum Gasteiger partial charge on any atom is 0.330 e. The van der Waals surface area contributed by atoms with Crippen LogP contribution >= 0.6 is 0 Å². The van der Waals surface area contributed by atoms with E-state index in [-0.39, 0.29) is 11.5 Å². The molecule has 0 fully saturated rings. The largest absolute Gasteiger partial charge is 0.504 e. The number of carbonyl (C=O) groups is 1. The van der Waals surface area contributed by atoms with Crippen LogP contribution in [0.25, 0.3) is 6.08 Å². The van der Waals surface area contributed by atoms with Gasteiger partial charge in [0.25, 0.3) is 0 Å². The molecule has 0 saturated carbocycles. The summed E-state index contributed by atoms with van der Waals surface area (Å²) in [7, 11) is 0. The van der Waals surface area contributed by atoms with E-state index in [0.717, 1.165) is 6.42 Å². The summed E-state index contributed by atoms with van der Waals surface area (Å²) in [4.78, 5) is 11.1. The van der Waals surface area contributed by atoms with Crippen molar-refractivity contribution in [2.24, 2.45) is 0 Å². The minimum absolute atomic E-state index is 0.189. The van der Waals surface area contributed by atoms with E-state index in [1.165, 1.54) is 24.3 Å². The standard InChI is InChI=1S/C12H14O4/c1-2-7-16-12(15)6-4-9-3-5-10(13)11(14)8-9/h3-6,8,13-14H,2,7H2,1H3. The number of carbonyl (C=O) groups excluding carboxylic acids is 1. The van der Waals surface area contributed by atoms with Crippen LogP contribution in [-0.2, 0) is 9.53 Å². The lowest BCUT2D eigenvalue weighted by atomic mass is 10.2. The fraction of sp³-hybridized carbons (Fsp3) is 0.250. The molecule has 86 valence electrons. The van der Waals surface area contributed by atoms with Crippen LogP contribution in [-0.4, -0.2) is 22.8 Å². The lowest BCUT2D eigenvalue weighted by Gasteiger charge is -1.99. The van der Waals surface area contributed by atoms with E-state index < -0.39 is 5.97 Å². The van der Waals surface area contributed by atoms with Crippen LogP contribution in [0.1, 0.15) is 18.9 Å². The second kappa shape index (κ2) is 5.80. The van der Waals surface area contributed by atoms with Crippen LogP contribution in [0.4, 0.5) is 0 Å².